The molecule has 1 N–H and O–H groups in total. The molecule has 0 saturated heterocycles. The van der Waals surface area contributed by atoms with Crippen LogP contribution in [0.1, 0.15) is 19.0 Å². The van der Waals surface area contributed by atoms with Crippen LogP contribution >= 0.6 is 0 Å². The van der Waals surface area contributed by atoms with Crippen molar-refractivity contribution in [1.82, 2.24) is 9.88 Å². The lowest BCUT2D eigenvalue weighted by Crippen LogP contribution is -2.41. The molecule has 1 aromatic rings. The Kier molecular flexibility index (Phi) is 3.97. The molecular formula is C13H21N3O. The molecule has 2 rings (SSSR count). The number of hydrogen-bond donors (Lipinski definition) is 1. The van der Waals surface area contributed by atoms with Gasteiger partial charge in [0.05, 0.1) is 24.0 Å². The summed E-state index contributed by atoms with van der Waals surface area (Å²) in [5, 5.41) is 9.48. The molecule has 0 aliphatic carbocycles. The molecule has 4 heteroatoms. The van der Waals surface area contributed by atoms with Gasteiger partial charge < -0.3 is 10.0 Å². The minimum absolute atomic E-state index is 0.187. The van der Waals surface area contributed by atoms with Crippen molar-refractivity contribution in [3.8, 4) is 0 Å². The van der Waals surface area contributed by atoms with Crippen molar-refractivity contribution in [1.29, 1.82) is 0 Å². The topological polar surface area (TPSA) is 39.6 Å². The van der Waals surface area contributed by atoms with Gasteiger partial charge in [-0.15, -0.1) is 0 Å². The Balaban J connectivity index is 2.33. The molecule has 4 nitrogen and oxygen atoms in total. The Morgan fingerprint density at radius 1 is 1.53 bits per heavy atom. The Morgan fingerprint density at radius 3 is 3.06 bits per heavy atom. The van der Waals surface area contributed by atoms with Gasteiger partial charge in [-0.05, 0) is 25.1 Å². The van der Waals surface area contributed by atoms with Crippen LogP contribution in [0.25, 0.3) is 0 Å². The molecule has 17 heavy (non-hydrogen) atoms. The third kappa shape index (κ3) is 2.58. The zero-order chi connectivity index (χ0) is 12.3. The zero-order valence-corrected chi connectivity index (χ0v) is 10.6. The number of hydrogen-bond acceptors (Lipinski definition) is 4. The van der Waals surface area contributed by atoms with Gasteiger partial charge >= 0.3 is 0 Å². The van der Waals surface area contributed by atoms with Crippen molar-refractivity contribution >= 4 is 5.69 Å². The summed E-state index contributed by atoms with van der Waals surface area (Å²) < 4.78 is 0. The lowest BCUT2D eigenvalue weighted by Gasteiger charge is -2.35. The summed E-state index contributed by atoms with van der Waals surface area (Å²) in [5.41, 5.74) is 2.25. The second kappa shape index (κ2) is 5.47. The van der Waals surface area contributed by atoms with Gasteiger partial charge in [-0.1, -0.05) is 6.92 Å². The maximum Gasteiger partial charge on any atom is 0.0776 e. The summed E-state index contributed by atoms with van der Waals surface area (Å²) in [6.45, 7) is 5.30. The highest BCUT2D eigenvalue weighted by Gasteiger charge is 2.22. The molecule has 0 bridgehead atoms. The SMILES string of the molecule is CCN1CCC(CO)N(C)c2cccnc2C1. The van der Waals surface area contributed by atoms with Crippen molar-refractivity contribution < 1.29 is 5.11 Å². The van der Waals surface area contributed by atoms with Crippen LogP contribution < -0.4 is 4.90 Å². The highest BCUT2D eigenvalue weighted by molar-refractivity contribution is 5.51. The molecule has 94 valence electrons. The maximum atomic E-state index is 9.48. The molecule has 0 radical (unpaired) electrons. The second-order valence-corrected chi connectivity index (χ2v) is 4.57. The van der Waals surface area contributed by atoms with Crippen molar-refractivity contribution in [2.75, 3.05) is 31.6 Å². The first kappa shape index (κ1) is 12.3. The number of aliphatic hydroxyl groups excluding tert-OH is 1. The fraction of sp³-hybridized carbons (Fsp3) is 0.615. The minimum Gasteiger partial charge on any atom is -0.394 e. The summed E-state index contributed by atoms with van der Waals surface area (Å²) in [5.74, 6) is 0. The van der Waals surface area contributed by atoms with E-state index < -0.39 is 0 Å². The monoisotopic (exact) mass is 235 g/mol. The first-order valence-corrected chi connectivity index (χ1v) is 6.26. The lowest BCUT2D eigenvalue weighted by atomic mass is 10.1. The summed E-state index contributed by atoms with van der Waals surface area (Å²) in [6.07, 6.45) is 2.84. The molecule has 1 aliphatic rings. The molecule has 0 saturated carbocycles. The van der Waals surface area contributed by atoms with Gasteiger partial charge in [-0.2, -0.15) is 0 Å². The average molecular weight is 235 g/mol. The molecule has 0 spiro atoms. The number of aliphatic hydroxyl groups is 1. The van der Waals surface area contributed by atoms with Crippen LogP contribution in [-0.2, 0) is 6.54 Å². The third-order valence-electron chi connectivity index (χ3n) is 3.60. The average Bonchev–Trinajstić information content (AvgIpc) is 2.36. The highest BCUT2D eigenvalue weighted by atomic mass is 16.3. The van der Waals surface area contributed by atoms with Crippen LogP contribution in [0.2, 0.25) is 0 Å². The largest absolute Gasteiger partial charge is 0.394 e. The van der Waals surface area contributed by atoms with E-state index >= 15 is 0 Å². The van der Waals surface area contributed by atoms with Crippen LogP contribution in [0.3, 0.4) is 0 Å². The fourth-order valence-electron chi connectivity index (χ4n) is 2.37. The normalized spacial score (nSPS) is 21.8. The van der Waals surface area contributed by atoms with Gasteiger partial charge in [-0.3, -0.25) is 9.88 Å². The van der Waals surface area contributed by atoms with Gasteiger partial charge in [0.25, 0.3) is 0 Å². The van der Waals surface area contributed by atoms with E-state index in [4.69, 9.17) is 0 Å². The number of anilines is 1. The van der Waals surface area contributed by atoms with E-state index in [0.717, 1.165) is 37.4 Å². The molecule has 1 aliphatic heterocycles. The van der Waals surface area contributed by atoms with E-state index in [9.17, 15) is 5.11 Å². The highest BCUT2D eigenvalue weighted by Crippen LogP contribution is 2.24. The van der Waals surface area contributed by atoms with Crippen molar-refractivity contribution in [3.63, 3.8) is 0 Å². The zero-order valence-electron chi connectivity index (χ0n) is 10.6. The first-order chi connectivity index (χ1) is 8.26. The van der Waals surface area contributed by atoms with Crippen molar-refractivity contribution in [2.24, 2.45) is 0 Å². The van der Waals surface area contributed by atoms with Gasteiger partial charge in [-0.25, -0.2) is 0 Å². The number of fused-ring (bicyclic) bond motifs is 1. The van der Waals surface area contributed by atoms with E-state index in [0.29, 0.717) is 0 Å². The van der Waals surface area contributed by atoms with E-state index in [1.54, 1.807) is 0 Å². The van der Waals surface area contributed by atoms with Crippen LogP contribution in [0.4, 0.5) is 5.69 Å². The molecule has 0 amide bonds. The number of nitrogens with zero attached hydrogens (tertiary/aromatic N) is 3. The van der Waals surface area contributed by atoms with Gasteiger partial charge in [0.15, 0.2) is 0 Å². The molecule has 1 atom stereocenters. The summed E-state index contributed by atoms with van der Waals surface area (Å²) in [7, 11) is 2.04. The second-order valence-electron chi connectivity index (χ2n) is 4.57. The molecular weight excluding hydrogens is 214 g/mol. The number of pyridine rings is 1. The predicted molar refractivity (Wildman–Crippen MR) is 69.1 cm³/mol. The van der Waals surface area contributed by atoms with Gasteiger partial charge in [0.2, 0.25) is 0 Å². The Hall–Kier alpha value is -1.13. The van der Waals surface area contributed by atoms with Crippen LogP contribution in [0.15, 0.2) is 18.3 Å². The van der Waals surface area contributed by atoms with Gasteiger partial charge in [0.1, 0.15) is 0 Å². The number of rotatable bonds is 2. The number of aromatic nitrogens is 1. The first-order valence-electron chi connectivity index (χ1n) is 6.26. The van der Waals surface area contributed by atoms with Crippen LogP contribution in [0, 0.1) is 0 Å². The summed E-state index contributed by atoms with van der Waals surface area (Å²) >= 11 is 0. The lowest BCUT2D eigenvalue weighted by molar-refractivity contribution is 0.214. The third-order valence-corrected chi connectivity index (χ3v) is 3.60. The molecule has 0 aromatic carbocycles. The smallest absolute Gasteiger partial charge is 0.0776 e. The quantitative estimate of drug-likeness (QED) is 0.833. The van der Waals surface area contributed by atoms with Gasteiger partial charge in [0, 0.05) is 26.3 Å². The predicted octanol–water partition coefficient (Wildman–Crippen LogP) is 1.10. The standard InChI is InChI=1S/C13H21N3O/c1-3-16-8-6-11(10-17)15(2)13-5-4-7-14-12(13)9-16/h4-5,7,11,17H,3,6,8-10H2,1-2H3. The van der Waals surface area contributed by atoms with Crippen LogP contribution in [0.5, 0.6) is 0 Å². The summed E-state index contributed by atoms with van der Waals surface area (Å²) in [6, 6.07) is 4.23. The molecule has 1 unspecified atom stereocenters. The van der Waals surface area contributed by atoms with Crippen molar-refractivity contribution in [3.05, 3.63) is 24.0 Å². The Bertz CT molecular complexity index is 369. The fourth-order valence-corrected chi connectivity index (χ4v) is 2.37. The Labute approximate surface area is 103 Å². The minimum atomic E-state index is 0.187. The Morgan fingerprint density at radius 2 is 2.35 bits per heavy atom. The van der Waals surface area contributed by atoms with Crippen molar-refractivity contribution in [2.45, 2.75) is 25.9 Å². The molecule has 2 heterocycles. The van der Waals surface area contributed by atoms with E-state index in [1.807, 2.05) is 19.3 Å². The van der Waals surface area contributed by atoms with E-state index in [1.165, 1.54) is 0 Å². The molecule has 0 fully saturated rings. The number of likely N-dealkylation sites (N-methyl/N-ethyl adjacent to an activating group) is 1. The van der Waals surface area contributed by atoms with E-state index in [-0.39, 0.29) is 12.6 Å². The van der Waals surface area contributed by atoms with E-state index in [2.05, 4.69) is 27.8 Å². The molecule has 1 aromatic heterocycles. The van der Waals surface area contributed by atoms with Crippen LogP contribution in [-0.4, -0.2) is 47.8 Å². The maximum absolute atomic E-state index is 9.48. The summed E-state index contributed by atoms with van der Waals surface area (Å²) in [4.78, 5) is 9.01.